The van der Waals surface area contributed by atoms with E-state index in [9.17, 15) is 14.7 Å². The molecule has 0 radical (unpaired) electrons. The minimum absolute atomic E-state index is 0.231. The average Bonchev–Trinajstić information content (AvgIpc) is 3.13. The largest absolute Gasteiger partial charge is 0.448 e. The number of rotatable bonds is 5. The Bertz CT molecular complexity index is 558. The molecule has 0 spiro atoms. The number of aliphatic hydroxyl groups excluding tert-OH is 1. The van der Waals surface area contributed by atoms with E-state index in [0.717, 1.165) is 18.5 Å². The van der Waals surface area contributed by atoms with Gasteiger partial charge in [0, 0.05) is 17.3 Å². The van der Waals surface area contributed by atoms with Crippen LogP contribution >= 0.6 is 0 Å². The van der Waals surface area contributed by atoms with E-state index >= 15 is 0 Å². The average molecular weight is 294 g/mol. The molecule has 1 fully saturated rings. The molecule has 1 heterocycles. The van der Waals surface area contributed by atoms with Crippen LogP contribution in [0.25, 0.3) is 0 Å². The smallest absolute Gasteiger partial charge is 0.355 e. The lowest BCUT2D eigenvalue weighted by atomic mass is 10.1. The standard InChI is InChI=1S/C15H22N2O4/c1-7-12(9(3)18)8(2)16-13(7)15(20)21-10(4)14(19)17-11-5-6-11/h9-11,16,18H,5-6H2,1-4H3,(H,17,19)/t9-,10-/m0/s1. The summed E-state index contributed by atoms with van der Waals surface area (Å²) in [4.78, 5) is 26.9. The van der Waals surface area contributed by atoms with Gasteiger partial charge < -0.3 is 20.1 Å². The van der Waals surface area contributed by atoms with Crippen LogP contribution in [0.4, 0.5) is 0 Å². The SMILES string of the molecule is Cc1[nH]c(C(=O)O[C@@H](C)C(=O)NC2CC2)c(C)c1[C@H](C)O. The van der Waals surface area contributed by atoms with Gasteiger partial charge in [-0.15, -0.1) is 0 Å². The molecule has 1 aromatic heterocycles. The maximum atomic E-state index is 12.2. The molecule has 1 aliphatic carbocycles. The second kappa shape index (κ2) is 5.89. The van der Waals surface area contributed by atoms with E-state index in [4.69, 9.17) is 4.74 Å². The van der Waals surface area contributed by atoms with Crippen LogP contribution in [0.3, 0.4) is 0 Å². The number of carbonyl (C=O) groups excluding carboxylic acids is 2. The van der Waals surface area contributed by atoms with Gasteiger partial charge in [-0.2, -0.15) is 0 Å². The number of esters is 1. The van der Waals surface area contributed by atoms with Gasteiger partial charge in [0.15, 0.2) is 6.10 Å². The molecule has 0 unspecified atom stereocenters. The lowest BCUT2D eigenvalue weighted by molar-refractivity contribution is -0.129. The van der Waals surface area contributed by atoms with E-state index < -0.39 is 18.2 Å². The Morgan fingerprint density at radius 3 is 2.43 bits per heavy atom. The lowest BCUT2D eigenvalue weighted by Crippen LogP contribution is -2.37. The summed E-state index contributed by atoms with van der Waals surface area (Å²) in [6, 6.07) is 0.231. The summed E-state index contributed by atoms with van der Waals surface area (Å²) in [6.45, 7) is 6.73. The van der Waals surface area contributed by atoms with Crippen molar-refractivity contribution in [3.05, 3.63) is 22.5 Å². The first-order valence-corrected chi connectivity index (χ1v) is 7.19. The van der Waals surface area contributed by atoms with Crippen LogP contribution in [-0.4, -0.2) is 34.1 Å². The molecule has 1 saturated carbocycles. The van der Waals surface area contributed by atoms with E-state index in [1.54, 1.807) is 27.7 Å². The Labute approximate surface area is 123 Å². The van der Waals surface area contributed by atoms with Crippen molar-refractivity contribution in [1.29, 1.82) is 0 Å². The Morgan fingerprint density at radius 2 is 1.95 bits per heavy atom. The lowest BCUT2D eigenvalue weighted by Gasteiger charge is -2.13. The van der Waals surface area contributed by atoms with Crippen LogP contribution in [0, 0.1) is 13.8 Å². The number of carbonyl (C=O) groups is 2. The first kappa shape index (κ1) is 15.6. The van der Waals surface area contributed by atoms with Gasteiger partial charge >= 0.3 is 5.97 Å². The molecule has 2 rings (SSSR count). The van der Waals surface area contributed by atoms with Gasteiger partial charge in [0.2, 0.25) is 0 Å². The maximum Gasteiger partial charge on any atom is 0.355 e. The third-order valence-corrected chi connectivity index (χ3v) is 3.69. The Balaban J connectivity index is 2.06. The molecule has 0 saturated heterocycles. The molecule has 1 aliphatic rings. The third kappa shape index (κ3) is 3.44. The molecule has 2 atom stereocenters. The summed E-state index contributed by atoms with van der Waals surface area (Å²) < 4.78 is 5.19. The third-order valence-electron chi connectivity index (χ3n) is 3.69. The number of aromatic nitrogens is 1. The minimum Gasteiger partial charge on any atom is -0.448 e. The second-order valence-corrected chi connectivity index (χ2v) is 5.67. The van der Waals surface area contributed by atoms with Gasteiger partial charge in [-0.25, -0.2) is 4.79 Å². The molecule has 116 valence electrons. The molecule has 0 aromatic carbocycles. The highest BCUT2D eigenvalue weighted by Crippen LogP contribution is 2.25. The summed E-state index contributed by atoms with van der Waals surface area (Å²) >= 11 is 0. The Kier molecular flexibility index (Phi) is 4.37. The molecule has 1 amide bonds. The van der Waals surface area contributed by atoms with Gasteiger partial charge in [-0.3, -0.25) is 4.79 Å². The number of ether oxygens (including phenoxy) is 1. The van der Waals surface area contributed by atoms with Crippen LogP contribution in [0.5, 0.6) is 0 Å². The van der Waals surface area contributed by atoms with Crippen LogP contribution in [0.15, 0.2) is 0 Å². The molecule has 6 nitrogen and oxygen atoms in total. The summed E-state index contributed by atoms with van der Waals surface area (Å²) in [7, 11) is 0. The van der Waals surface area contributed by atoms with Crippen molar-refractivity contribution in [2.24, 2.45) is 0 Å². The van der Waals surface area contributed by atoms with Gasteiger partial charge in [0.05, 0.1) is 6.10 Å². The van der Waals surface area contributed by atoms with Crippen molar-refractivity contribution in [3.8, 4) is 0 Å². The van der Waals surface area contributed by atoms with Gasteiger partial charge in [-0.1, -0.05) is 0 Å². The normalized spacial score (nSPS) is 17.2. The summed E-state index contributed by atoms with van der Waals surface area (Å²) in [5.74, 6) is -0.858. The number of nitrogens with one attached hydrogen (secondary N) is 2. The molecular weight excluding hydrogens is 272 g/mol. The van der Waals surface area contributed by atoms with E-state index in [1.807, 2.05) is 0 Å². The zero-order valence-electron chi connectivity index (χ0n) is 12.8. The summed E-state index contributed by atoms with van der Waals surface area (Å²) in [5, 5.41) is 12.5. The summed E-state index contributed by atoms with van der Waals surface area (Å²) in [6.07, 6.45) is 0.465. The molecule has 1 aromatic rings. The number of hydrogen-bond acceptors (Lipinski definition) is 4. The number of H-pyrrole nitrogens is 1. The van der Waals surface area contributed by atoms with E-state index in [1.165, 1.54) is 0 Å². The number of aliphatic hydroxyl groups is 1. The van der Waals surface area contributed by atoms with Crippen molar-refractivity contribution in [3.63, 3.8) is 0 Å². The van der Waals surface area contributed by atoms with E-state index in [2.05, 4.69) is 10.3 Å². The predicted molar refractivity (Wildman–Crippen MR) is 76.9 cm³/mol. The highest BCUT2D eigenvalue weighted by molar-refractivity contribution is 5.92. The van der Waals surface area contributed by atoms with E-state index in [0.29, 0.717) is 11.1 Å². The van der Waals surface area contributed by atoms with Crippen molar-refractivity contribution >= 4 is 11.9 Å². The molecule has 0 aliphatic heterocycles. The quantitative estimate of drug-likeness (QED) is 0.718. The first-order chi connectivity index (χ1) is 9.81. The van der Waals surface area contributed by atoms with Crippen molar-refractivity contribution in [2.75, 3.05) is 0 Å². The molecule has 21 heavy (non-hydrogen) atoms. The molecule has 6 heteroatoms. The van der Waals surface area contributed by atoms with Gasteiger partial charge in [0.1, 0.15) is 5.69 Å². The number of aromatic amines is 1. The van der Waals surface area contributed by atoms with Gasteiger partial charge in [0.25, 0.3) is 5.91 Å². The minimum atomic E-state index is -0.837. The second-order valence-electron chi connectivity index (χ2n) is 5.67. The molecule has 0 bridgehead atoms. The first-order valence-electron chi connectivity index (χ1n) is 7.19. The van der Waals surface area contributed by atoms with Crippen LogP contribution in [0.1, 0.15) is 60.1 Å². The topological polar surface area (TPSA) is 91.4 Å². The maximum absolute atomic E-state index is 12.2. The van der Waals surface area contributed by atoms with Crippen molar-refractivity contribution in [1.82, 2.24) is 10.3 Å². The molecular formula is C15H22N2O4. The number of amides is 1. The highest BCUT2D eigenvalue weighted by Gasteiger charge is 2.28. The van der Waals surface area contributed by atoms with Crippen LogP contribution in [-0.2, 0) is 9.53 Å². The van der Waals surface area contributed by atoms with Crippen molar-refractivity contribution < 1.29 is 19.4 Å². The predicted octanol–water partition coefficient (Wildman–Crippen LogP) is 1.51. The Morgan fingerprint density at radius 1 is 1.33 bits per heavy atom. The van der Waals surface area contributed by atoms with Crippen molar-refractivity contribution in [2.45, 2.75) is 58.8 Å². The zero-order chi connectivity index (χ0) is 15.7. The fraction of sp³-hybridized carbons (Fsp3) is 0.600. The zero-order valence-corrected chi connectivity index (χ0v) is 12.8. The fourth-order valence-corrected chi connectivity index (χ4v) is 2.41. The fourth-order valence-electron chi connectivity index (χ4n) is 2.41. The van der Waals surface area contributed by atoms with Crippen LogP contribution < -0.4 is 5.32 Å². The monoisotopic (exact) mass is 294 g/mol. The van der Waals surface area contributed by atoms with Crippen LogP contribution in [0.2, 0.25) is 0 Å². The number of hydrogen-bond donors (Lipinski definition) is 3. The summed E-state index contributed by atoms with van der Waals surface area (Å²) in [5.41, 5.74) is 2.36. The van der Waals surface area contributed by atoms with Gasteiger partial charge in [-0.05, 0) is 46.1 Å². The highest BCUT2D eigenvalue weighted by atomic mass is 16.5. The Hall–Kier alpha value is -1.82. The molecule has 3 N–H and O–H groups in total. The number of aryl methyl sites for hydroxylation is 1. The van der Waals surface area contributed by atoms with E-state index in [-0.39, 0.29) is 17.6 Å².